The van der Waals surface area contributed by atoms with Crippen LogP contribution in [-0.2, 0) is 17.3 Å². The van der Waals surface area contributed by atoms with Crippen LogP contribution in [0.25, 0.3) is 10.9 Å². The molecule has 1 fully saturated rings. The zero-order chi connectivity index (χ0) is 20.8. The maximum Gasteiger partial charge on any atom is 0.335 e. The standard InChI is InChI=1S/C21H18ClFN2O4/c1-25-16-7-6-15(23)18(22)14(16)10-17(25)19(26)24-21(8-9-29-11-21)13-4-2-12(3-5-13)20(27)28/h2-7,10H,8-9,11H2,1H3,(H,24,26)(H,27,28). The van der Waals surface area contributed by atoms with Gasteiger partial charge in [0.2, 0.25) is 0 Å². The number of halogens is 2. The number of fused-ring (bicyclic) bond motifs is 1. The molecular formula is C21H18ClFN2O4. The van der Waals surface area contributed by atoms with Gasteiger partial charge in [0.05, 0.1) is 28.2 Å². The van der Waals surface area contributed by atoms with Crippen LogP contribution in [0, 0.1) is 5.82 Å². The molecule has 150 valence electrons. The number of aromatic carboxylic acids is 1. The highest BCUT2D eigenvalue weighted by Crippen LogP contribution is 2.33. The van der Waals surface area contributed by atoms with Gasteiger partial charge >= 0.3 is 5.97 Å². The normalized spacial score (nSPS) is 18.9. The van der Waals surface area contributed by atoms with Crippen LogP contribution >= 0.6 is 11.6 Å². The van der Waals surface area contributed by atoms with Crippen molar-refractivity contribution in [3.63, 3.8) is 0 Å². The first-order chi connectivity index (χ1) is 13.8. The number of hydrogen-bond donors (Lipinski definition) is 2. The van der Waals surface area contributed by atoms with Crippen molar-refractivity contribution in [2.24, 2.45) is 7.05 Å². The summed E-state index contributed by atoms with van der Waals surface area (Å²) in [5.74, 6) is -1.92. The molecule has 29 heavy (non-hydrogen) atoms. The van der Waals surface area contributed by atoms with E-state index in [2.05, 4.69) is 5.32 Å². The van der Waals surface area contributed by atoms with Crippen molar-refractivity contribution in [1.29, 1.82) is 0 Å². The van der Waals surface area contributed by atoms with Crippen molar-refractivity contribution in [1.82, 2.24) is 9.88 Å². The zero-order valence-electron chi connectivity index (χ0n) is 15.5. The molecule has 1 aliphatic rings. The Morgan fingerprint density at radius 1 is 1.24 bits per heavy atom. The van der Waals surface area contributed by atoms with Gasteiger partial charge in [0.1, 0.15) is 11.5 Å². The van der Waals surface area contributed by atoms with Crippen LogP contribution in [0.4, 0.5) is 4.39 Å². The lowest BCUT2D eigenvalue weighted by molar-refractivity contribution is 0.0696. The summed E-state index contributed by atoms with van der Waals surface area (Å²) in [6.45, 7) is 0.734. The second kappa shape index (κ2) is 7.17. The Hall–Kier alpha value is -2.90. The number of ether oxygens (including phenoxy) is 1. The molecule has 2 aromatic carbocycles. The Bertz CT molecular complexity index is 1120. The number of benzene rings is 2. The van der Waals surface area contributed by atoms with Crippen molar-refractivity contribution in [3.8, 4) is 0 Å². The molecule has 0 radical (unpaired) electrons. The second-order valence-electron chi connectivity index (χ2n) is 7.10. The van der Waals surface area contributed by atoms with Crippen LogP contribution in [0.1, 0.15) is 32.8 Å². The van der Waals surface area contributed by atoms with Crippen molar-refractivity contribution >= 4 is 34.4 Å². The monoisotopic (exact) mass is 416 g/mol. The van der Waals surface area contributed by atoms with Crippen molar-refractivity contribution in [3.05, 3.63) is 70.1 Å². The highest BCUT2D eigenvalue weighted by Gasteiger charge is 2.39. The lowest BCUT2D eigenvalue weighted by Gasteiger charge is -2.29. The molecule has 1 amide bonds. The van der Waals surface area contributed by atoms with Crippen LogP contribution in [-0.4, -0.2) is 34.8 Å². The van der Waals surface area contributed by atoms with Gasteiger partial charge in [-0.25, -0.2) is 9.18 Å². The summed E-state index contributed by atoms with van der Waals surface area (Å²) in [6, 6.07) is 10.8. The molecule has 8 heteroatoms. The topological polar surface area (TPSA) is 80.6 Å². The highest BCUT2D eigenvalue weighted by molar-refractivity contribution is 6.35. The van der Waals surface area contributed by atoms with Gasteiger partial charge in [-0.2, -0.15) is 0 Å². The van der Waals surface area contributed by atoms with Gasteiger partial charge in [0.15, 0.2) is 0 Å². The predicted molar refractivity (Wildman–Crippen MR) is 106 cm³/mol. The van der Waals surface area contributed by atoms with Crippen molar-refractivity contribution in [2.75, 3.05) is 13.2 Å². The molecule has 0 bridgehead atoms. The summed E-state index contributed by atoms with van der Waals surface area (Å²) in [5.41, 5.74) is 1.13. The molecule has 0 saturated carbocycles. The average Bonchev–Trinajstić information content (AvgIpc) is 3.31. The molecule has 1 atom stereocenters. The third-order valence-corrected chi connectivity index (χ3v) is 5.79. The predicted octanol–water partition coefficient (Wildman–Crippen LogP) is 3.71. The summed E-state index contributed by atoms with van der Waals surface area (Å²) in [7, 11) is 1.71. The van der Waals surface area contributed by atoms with E-state index in [0.29, 0.717) is 29.6 Å². The van der Waals surface area contributed by atoms with Crippen LogP contribution in [0.2, 0.25) is 5.02 Å². The molecule has 3 aromatic rings. The number of nitrogens with one attached hydrogen (secondary N) is 1. The average molecular weight is 417 g/mol. The highest BCUT2D eigenvalue weighted by atomic mass is 35.5. The SMILES string of the molecule is Cn1c(C(=O)NC2(c3ccc(C(=O)O)cc3)CCOC2)cc2c(Cl)c(F)ccc21. The number of nitrogens with zero attached hydrogens (tertiary/aromatic N) is 1. The number of aryl methyl sites for hydroxylation is 1. The molecule has 2 heterocycles. The second-order valence-corrected chi connectivity index (χ2v) is 7.48. The Morgan fingerprint density at radius 2 is 1.97 bits per heavy atom. The minimum Gasteiger partial charge on any atom is -0.478 e. The Kier molecular flexibility index (Phi) is 4.80. The summed E-state index contributed by atoms with van der Waals surface area (Å²) in [4.78, 5) is 24.2. The molecule has 0 aliphatic carbocycles. The Labute approximate surface area is 170 Å². The largest absolute Gasteiger partial charge is 0.478 e. The van der Waals surface area contributed by atoms with Crippen LogP contribution < -0.4 is 5.32 Å². The van der Waals surface area contributed by atoms with Gasteiger partial charge in [-0.05, 0) is 35.9 Å². The number of carboxylic acids is 1. The van der Waals surface area contributed by atoms with E-state index >= 15 is 0 Å². The minimum atomic E-state index is -1.02. The maximum absolute atomic E-state index is 13.8. The fourth-order valence-corrected chi connectivity index (χ4v) is 3.96. The lowest BCUT2D eigenvalue weighted by Crippen LogP contribution is -2.47. The van der Waals surface area contributed by atoms with Crippen LogP contribution in [0.3, 0.4) is 0 Å². The van der Waals surface area contributed by atoms with Gasteiger partial charge in [-0.15, -0.1) is 0 Å². The van der Waals surface area contributed by atoms with Crippen LogP contribution in [0.5, 0.6) is 0 Å². The third-order valence-electron chi connectivity index (χ3n) is 5.40. The van der Waals surface area contributed by atoms with E-state index < -0.39 is 17.3 Å². The molecule has 1 saturated heterocycles. The molecule has 1 unspecified atom stereocenters. The fourth-order valence-electron chi connectivity index (χ4n) is 3.74. The van der Waals surface area contributed by atoms with E-state index in [-0.39, 0.29) is 23.1 Å². The maximum atomic E-state index is 13.8. The summed E-state index contributed by atoms with van der Waals surface area (Å²) < 4.78 is 21.0. The van der Waals surface area contributed by atoms with Gasteiger partial charge in [-0.3, -0.25) is 4.79 Å². The first kappa shape index (κ1) is 19.4. The Morgan fingerprint density at radius 3 is 2.59 bits per heavy atom. The number of rotatable bonds is 4. The quantitative estimate of drug-likeness (QED) is 0.679. The number of carbonyl (C=O) groups excluding carboxylic acids is 1. The zero-order valence-corrected chi connectivity index (χ0v) is 16.3. The minimum absolute atomic E-state index is 0.0275. The molecular weight excluding hydrogens is 399 g/mol. The van der Waals surface area contributed by atoms with Gasteiger partial charge in [-0.1, -0.05) is 23.7 Å². The molecule has 0 spiro atoms. The van der Waals surface area contributed by atoms with Gasteiger partial charge in [0.25, 0.3) is 5.91 Å². The van der Waals surface area contributed by atoms with E-state index in [0.717, 1.165) is 5.56 Å². The van der Waals surface area contributed by atoms with Crippen molar-refractivity contribution < 1.29 is 23.8 Å². The number of carboxylic acid groups (broad SMARTS) is 1. The van der Waals surface area contributed by atoms with E-state index in [1.807, 2.05) is 0 Å². The number of hydrogen-bond acceptors (Lipinski definition) is 3. The summed E-state index contributed by atoms with van der Waals surface area (Å²) in [6.07, 6.45) is 0.546. The summed E-state index contributed by atoms with van der Waals surface area (Å²) in [5, 5.41) is 12.6. The third kappa shape index (κ3) is 3.26. The smallest absolute Gasteiger partial charge is 0.335 e. The molecule has 2 N–H and O–H groups in total. The molecule has 1 aromatic heterocycles. The number of amides is 1. The van der Waals surface area contributed by atoms with E-state index in [1.54, 1.807) is 35.9 Å². The molecule has 4 rings (SSSR count). The Balaban J connectivity index is 1.70. The first-order valence-electron chi connectivity index (χ1n) is 9.00. The first-order valence-corrected chi connectivity index (χ1v) is 9.38. The van der Waals surface area contributed by atoms with Crippen LogP contribution in [0.15, 0.2) is 42.5 Å². The van der Waals surface area contributed by atoms with Gasteiger partial charge in [0, 0.05) is 25.5 Å². The summed E-state index contributed by atoms with van der Waals surface area (Å²) >= 11 is 6.06. The van der Waals surface area contributed by atoms with E-state index in [1.165, 1.54) is 18.2 Å². The van der Waals surface area contributed by atoms with Gasteiger partial charge < -0.3 is 19.7 Å². The molecule has 6 nitrogen and oxygen atoms in total. The number of carbonyl (C=O) groups is 2. The lowest BCUT2D eigenvalue weighted by atomic mass is 9.88. The van der Waals surface area contributed by atoms with E-state index in [9.17, 15) is 14.0 Å². The van der Waals surface area contributed by atoms with E-state index in [4.69, 9.17) is 21.4 Å². The van der Waals surface area contributed by atoms with Crippen molar-refractivity contribution in [2.45, 2.75) is 12.0 Å². The number of aromatic nitrogens is 1. The molecule has 1 aliphatic heterocycles. The fraction of sp³-hybridized carbons (Fsp3) is 0.238.